The molecule has 5 aliphatic rings. The van der Waals surface area contributed by atoms with Crippen LogP contribution in [-0.4, -0.2) is 108 Å². The Balaban J connectivity index is 1.28. The molecule has 0 radical (unpaired) electrons. The molecule has 3 N–H and O–H groups in total. The van der Waals surface area contributed by atoms with Crippen LogP contribution in [-0.2, 0) is 28.5 Å². The smallest absolute Gasteiger partial charge is 0.312 e. The molecule has 0 saturated carbocycles. The van der Waals surface area contributed by atoms with Gasteiger partial charge in [0.05, 0.1) is 42.1 Å². The standard InChI is InChI=1S/C49H57N3O13/c1-23-11-10-12-24(2)48(58)51-38-41(56)35-34(37-45(38)63-33-21-30(13-14-31(33)50-37)60-22-29-15-18-52(8)19-16-29)36-43(26(4)39(35)54)65-49(7,47(36)57)61-20-17-32(59-9)25(3)44(62-28(6)53)46-40(55)27(5)42(23)64-46/h10-14,17,20-21,23,25,27,29,32,40,42,44,46,55-56H,15-16,18-19,22H2,1-9H3,(H,51,58)/b11-10+,20-17+,24-12-/t23-,25+,27-,32-,40+,42-,44+,46+,49-/m0/s1. The third-order valence-electron chi connectivity index (χ3n) is 13.5. The molecule has 4 aromatic rings. The largest absolute Gasteiger partial charge is 0.505 e. The minimum atomic E-state index is -2.03. The number of likely N-dealkylation sites (tertiary alicyclic amines) is 1. The summed E-state index contributed by atoms with van der Waals surface area (Å²) in [5, 5.41) is 26.1. The first-order valence-corrected chi connectivity index (χ1v) is 22.1. The summed E-state index contributed by atoms with van der Waals surface area (Å²) in [7, 11) is 3.56. The van der Waals surface area contributed by atoms with Crippen LogP contribution in [0.2, 0.25) is 0 Å². The van der Waals surface area contributed by atoms with E-state index in [0.717, 1.165) is 25.9 Å². The van der Waals surface area contributed by atoms with Crippen molar-refractivity contribution < 1.29 is 57.4 Å². The van der Waals surface area contributed by atoms with Crippen molar-refractivity contribution in [3.63, 3.8) is 0 Å². The summed E-state index contributed by atoms with van der Waals surface area (Å²) in [6, 6.07) is 5.15. The lowest BCUT2D eigenvalue weighted by Crippen LogP contribution is -2.46. The van der Waals surface area contributed by atoms with Gasteiger partial charge < -0.3 is 53.3 Å². The molecule has 16 nitrogen and oxygen atoms in total. The molecule has 0 aliphatic carbocycles. The van der Waals surface area contributed by atoms with Gasteiger partial charge in [0.2, 0.25) is 0 Å². The van der Waals surface area contributed by atoms with Gasteiger partial charge in [0.15, 0.2) is 22.3 Å². The molecule has 6 heterocycles. The number of ether oxygens (including phenoxy) is 6. The number of amides is 1. The summed E-state index contributed by atoms with van der Waals surface area (Å²) < 4.78 is 43.2. The van der Waals surface area contributed by atoms with Crippen molar-refractivity contribution in [1.82, 2.24) is 9.88 Å². The number of anilines is 1. The zero-order valence-corrected chi connectivity index (χ0v) is 38.1. The van der Waals surface area contributed by atoms with Crippen LogP contribution in [0.3, 0.4) is 0 Å². The number of allylic oxidation sites excluding steroid dienone is 2. The molecule has 9 atom stereocenters. The van der Waals surface area contributed by atoms with E-state index in [1.165, 1.54) is 40.2 Å². The van der Waals surface area contributed by atoms with Gasteiger partial charge in [-0.1, -0.05) is 39.0 Å². The number of aliphatic hydroxyl groups is 1. The van der Waals surface area contributed by atoms with Crippen LogP contribution >= 0.6 is 0 Å². The number of hydrogen-bond acceptors (Lipinski definition) is 15. The summed E-state index contributed by atoms with van der Waals surface area (Å²) in [6.07, 6.45) is 5.69. The number of nitrogens with zero attached hydrogens (tertiary/aromatic N) is 2. The normalized spacial score (nSPS) is 30.9. The Morgan fingerprint density at radius 3 is 2.49 bits per heavy atom. The lowest BCUT2D eigenvalue weighted by atomic mass is 9.86. The van der Waals surface area contributed by atoms with Crippen molar-refractivity contribution >= 4 is 56.3 Å². The van der Waals surface area contributed by atoms with Crippen molar-refractivity contribution in [3.8, 4) is 17.2 Å². The second-order valence-electron chi connectivity index (χ2n) is 18.1. The predicted octanol–water partition coefficient (Wildman–Crippen LogP) is 6.49. The van der Waals surface area contributed by atoms with Gasteiger partial charge >= 0.3 is 11.8 Å². The van der Waals surface area contributed by atoms with E-state index in [1.807, 2.05) is 19.9 Å². The zero-order valence-electron chi connectivity index (χ0n) is 38.1. The van der Waals surface area contributed by atoms with Crippen LogP contribution in [0, 0.1) is 30.6 Å². The number of methoxy groups -OCH3 is 1. The van der Waals surface area contributed by atoms with Gasteiger partial charge in [0.1, 0.15) is 40.4 Å². The fourth-order valence-corrected chi connectivity index (χ4v) is 9.49. The average molecular weight is 896 g/mol. The number of rotatable bonds is 5. The molecule has 9 rings (SSSR count). The molecule has 5 aliphatic heterocycles. The average Bonchev–Trinajstić information content (AvgIpc) is 3.72. The number of phenolic OH excluding ortho intramolecular Hbond substituents is 1. The van der Waals surface area contributed by atoms with Gasteiger partial charge in [-0.3, -0.25) is 19.2 Å². The highest BCUT2D eigenvalue weighted by molar-refractivity contribution is 6.26. The van der Waals surface area contributed by atoms with Crippen LogP contribution in [0.1, 0.15) is 70.3 Å². The Kier molecular flexibility index (Phi) is 12.6. The third kappa shape index (κ3) is 8.37. The number of hydrogen-bond donors (Lipinski definition) is 3. The van der Waals surface area contributed by atoms with Gasteiger partial charge in [-0.05, 0) is 71.0 Å². The van der Waals surface area contributed by atoms with Crippen molar-refractivity contribution in [1.29, 1.82) is 0 Å². The fraction of sp³-hybridized carbons (Fsp3) is 0.490. The van der Waals surface area contributed by atoms with Gasteiger partial charge in [-0.25, -0.2) is 4.98 Å². The van der Waals surface area contributed by atoms with E-state index >= 15 is 0 Å². The SMILES string of the molecule is CO[C@H]1/C=C/O[C@@]2(C)Oc3c(C)c(=O)c4c(O)c(c5oc6cc(OCC7CCN(C)CC7)ccc6nc5c4c3C2=O)NC(=O)/C(C)=C\C=C\[C@H](C)[C@@H]2O[C@H]([C@H](O)[C@@H]2C)[C@H](OC(C)=O)[C@@H]1C. The van der Waals surface area contributed by atoms with E-state index in [2.05, 4.69) is 17.3 Å². The molecular weight excluding hydrogens is 839 g/mol. The summed E-state index contributed by atoms with van der Waals surface area (Å²) in [6.45, 7) is 13.8. The van der Waals surface area contributed by atoms with Gasteiger partial charge in [-0.2, -0.15) is 0 Å². The van der Waals surface area contributed by atoms with E-state index in [4.69, 9.17) is 37.8 Å². The number of phenols is 1. The highest BCUT2D eigenvalue weighted by Gasteiger charge is 2.51. The number of esters is 1. The van der Waals surface area contributed by atoms with Crippen LogP contribution in [0.15, 0.2) is 63.6 Å². The number of aromatic hydroxyl groups is 1. The van der Waals surface area contributed by atoms with Crippen molar-refractivity contribution in [2.45, 2.75) is 97.6 Å². The molecule has 0 spiro atoms. The Hall–Kier alpha value is -5.81. The lowest BCUT2D eigenvalue weighted by Gasteiger charge is -2.33. The molecule has 65 heavy (non-hydrogen) atoms. The summed E-state index contributed by atoms with van der Waals surface area (Å²) >= 11 is 0. The maximum atomic E-state index is 14.8. The fourth-order valence-electron chi connectivity index (χ4n) is 9.49. The molecule has 3 aromatic carbocycles. The topological polar surface area (TPSA) is 205 Å². The molecule has 346 valence electrons. The van der Waals surface area contributed by atoms with Crippen LogP contribution in [0.5, 0.6) is 17.2 Å². The van der Waals surface area contributed by atoms with Crippen LogP contribution in [0.25, 0.3) is 33.0 Å². The minimum absolute atomic E-state index is 0.00766. The highest BCUT2D eigenvalue weighted by atomic mass is 16.7. The number of fused-ring (bicyclic) bond motifs is 9. The van der Waals surface area contributed by atoms with Gasteiger partial charge in [0.25, 0.3) is 11.7 Å². The first-order chi connectivity index (χ1) is 30.9. The molecule has 1 amide bonds. The number of carbonyl (C=O) groups is 3. The monoisotopic (exact) mass is 895 g/mol. The molecular formula is C49H57N3O13. The number of aromatic nitrogens is 1. The molecule has 2 fully saturated rings. The molecule has 7 bridgehead atoms. The third-order valence-corrected chi connectivity index (χ3v) is 13.5. The van der Waals surface area contributed by atoms with E-state index < -0.39 is 71.1 Å². The Morgan fingerprint density at radius 2 is 1.78 bits per heavy atom. The van der Waals surface area contributed by atoms with E-state index in [0.29, 0.717) is 23.8 Å². The van der Waals surface area contributed by atoms with E-state index in [9.17, 15) is 29.4 Å². The van der Waals surface area contributed by atoms with Crippen molar-refractivity contribution in [3.05, 3.63) is 75.7 Å². The molecule has 1 aromatic heterocycles. The zero-order chi connectivity index (χ0) is 46.6. The number of aliphatic hydroxyl groups excluding tert-OH is 1. The maximum Gasteiger partial charge on any atom is 0.312 e. The number of nitrogens with one attached hydrogen (secondary N) is 1. The first-order valence-electron chi connectivity index (χ1n) is 22.1. The number of piperidine rings is 1. The second-order valence-corrected chi connectivity index (χ2v) is 18.1. The highest BCUT2D eigenvalue weighted by Crippen LogP contribution is 2.48. The van der Waals surface area contributed by atoms with Crippen molar-refractivity contribution in [2.75, 3.05) is 39.2 Å². The Morgan fingerprint density at radius 1 is 1.05 bits per heavy atom. The Bertz CT molecular complexity index is 2720. The number of carbonyl (C=O) groups excluding carboxylic acids is 3. The van der Waals surface area contributed by atoms with Crippen LogP contribution in [0.4, 0.5) is 5.69 Å². The number of benzene rings is 3. The van der Waals surface area contributed by atoms with E-state index in [-0.39, 0.29) is 67.4 Å². The first kappa shape index (κ1) is 45.7. The Labute approximate surface area is 376 Å². The summed E-state index contributed by atoms with van der Waals surface area (Å²) in [4.78, 5) is 62.9. The minimum Gasteiger partial charge on any atom is -0.505 e. The second kappa shape index (κ2) is 17.9. The van der Waals surface area contributed by atoms with Crippen LogP contribution < -0.4 is 20.2 Å². The van der Waals surface area contributed by atoms with Gasteiger partial charge in [-0.15, -0.1) is 0 Å². The summed E-state index contributed by atoms with van der Waals surface area (Å²) in [5.74, 6) is -4.99. The molecule has 16 heteroatoms. The predicted molar refractivity (Wildman–Crippen MR) is 241 cm³/mol. The van der Waals surface area contributed by atoms with Crippen molar-refractivity contribution in [2.24, 2.45) is 23.7 Å². The summed E-state index contributed by atoms with van der Waals surface area (Å²) in [5.41, 5.74) is -0.234. The number of ketones is 1. The molecule has 0 unspecified atom stereocenters. The lowest BCUT2D eigenvalue weighted by molar-refractivity contribution is -0.168. The van der Waals surface area contributed by atoms with Gasteiger partial charge in [0, 0.05) is 61.3 Å². The quantitative estimate of drug-likeness (QED) is 0.0848. The molecule has 2 saturated heterocycles. The number of Topliss-reactive ketones (excluding diaryl/α,β-unsaturated/α-hetero) is 1. The maximum absolute atomic E-state index is 14.8. The van der Waals surface area contributed by atoms with E-state index in [1.54, 1.807) is 44.2 Å².